The third-order valence-electron chi connectivity index (χ3n) is 2.51. The normalized spacial score (nSPS) is 10.6. The number of hydrogen-bond donors (Lipinski definition) is 3. The lowest BCUT2D eigenvalue weighted by atomic mass is 10.2. The molecule has 7 heteroatoms. The van der Waals surface area contributed by atoms with Crippen molar-refractivity contribution in [2.24, 2.45) is 0 Å². The van der Waals surface area contributed by atoms with E-state index in [0.29, 0.717) is 15.7 Å². The van der Waals surface area contributed by atoms with Crippen LogP contribution in [-0.2, 0) is 4.79 Å². The van der Waals surface area contributed by atoms with Crippen LogP contribution in [0.3, 0.4) is 0 Å². The summed E-state index contributed by atoms with van der Waals surface area (Å²) in [6, 6.07) is 8.25. The molecule has 0 aliphatic heterocycles. The fourth-order valence-corrected chi connectivity index (χ4v) is 1.79. The van der Waals surface area contributed by atoms with Crippen LogP contribution in [0, 0.1) is 0 Å². The predicted octanol–water partition coefficient (Wildman–Crippen LogP) is 2.80. The Morgan fingerprint density at radius 1 is 1.10 bits per heavy atom. The molecular weight excluding hydrogens is 313 g/mol. The van der Waals surface area contributed by atoms with Crippen LogP contribution < -0.4 is 10.9 Å². The van der Waals surface area contributed by atoms with Crippen molar-refractivity contribution in [2.75, 3.05) is 0 Å². The van der Waals surface area contributed by atoms with Crippen LogP contribution in [0.5, 0.6) is 0 Å². The van der Waals surface area contributed by atoms with Gasteiger partial charge in [-0.05, 0) is 35.9 Å². The van der Waals surface area contributed by atoms with Gasteiger partial charge in [-0.1, -0.05) is 29.3 Å². The van der Waals surface area contributed by atoms with Gasteiger partial charge < -0.3 is 4.98 Å². The highest BCUT2D eigenvalue weighted by molar-refractivity contribution is 6.42. The molecule has 0 saturated carbocycles. The Balaban J connectivity index is 1.88. The number of nitrogens with one attached hydrogen (secondary N) is 3. The molecule has 0 atom stereocenters. The van der Waals surface area contributed by atoms with Crippen LogP contribution in [0.25, 0.3) is 6.08 Å². The molecule has 5 nitrogen and oxygen atoms in total. The van der Waals surface area contributed by atoms with E-state index in [1.54, 1.807) is 42.6 Å². The van der Waals surface area contributed by atoms with Gasteiger partial charge in [-0.2, -0.15) is 0 Å². The van der Waals surface area contributed by atoms with Gasteiger partial charge in [-0.15, -0.1) is 0 Å². The van der Waals surface area contributed by atoms with Crippen molar-refractivity contribution in [3.05, 3.63) is 63.9 Å². The molecule has 1 aromatic carbocycles. The number of halogens is 2. The Bertz CT molecular complexity index is 682. The van der Waals surface area contributed by atoms with E-state index in [9.17, 15) is 9.59 Å². The van der Waals surface area contributed by atoms with Crippen LogP contribution in [0.1, 0.15) is 16.1 Å². The summed E-state index contributed by atoms with van der Waals surface area (Å²) in [6.07, 6.45) is 4.44. The second-order valence-corrected chi connectivity index (χ2v) is 4.85. The topological polar surface area (TPSA) is 74.0 Å². The number of amides is 2. The third-order valence-corrected chi connectivity index (χ3v) is 3.25. The smallest absolute Gasteiger partial charge is 0.286 e. The molecule has 0 saturated heterocycles. The molecule has 2 rings (SSSR count). The fourth-order valence-electron chi connectivity index (χ4n) is 1.49. The molecule has 108 valence electrons. The van der Waals surface area contributed by atoms with E-state index < -0.39 is 11.8 Å². The summed E-state index contributed by atoms with van der Waals surface area (Å²) in [5.41, 5.74) is 5.60. The summed E-state index contributed by atoms with van der Waals surface area (Å²) < 4.78 is 0. The van der Waals surface area contributed by atoms with Gasteiger partial charge in [0.1, 0.15) is 5.69 Å². The van der Waals surface area contributed by atoms with Crippen molar-refractivity contribution in [3.8, 4) is 0 Å². The fraction of sp³-hybridized carbons (Fsp3) is 0. The molecular formula is C14H11Cl2N3O2. The summed E-state index contributed by atoms with van der Waals surface area (Å²) in [7, 11) is 0. The van der Waals surface area contributed by atoms with Crippen molar-refractivity contribution in [2.45, 2.75) is 0 Å². The zero-order chi connectivity index (χ0) is 15.2. The van der Waals surface area contributed by atoms with Crippen LogP contribution in [0.2, 0.25) is 10.0 Å². The maximum Gasteiger partial charge on any atom is 0.286 e. The monoisotopic (exact) mass is 323 g/mol. The summed E-state index contributed by atoms with van der Waals surface area (Å²) in [6.45, 7) is 0. The van der Waals surface area contributed by atoms with Crippen LogP contribution >= 0.6 is 23.2 Å². The van der Waals surface area contributed by atoms with Gasteiger partial charge in [-0.25, -0.2) is 0 Å². The Labute approximate surface area is 130 Å². The number of hydrazine groups is 1. The molecule has 1 heterocycles. The Morgan fingerprint density at radius 3 is 2.57 bits per heavy atom. The third kappa shape index (κ3) is 4.37. The van der Waals surface area contributed by atoms with Gasteiger partial charge in [0.2, 0.25) is 0 Å². The molecule has 0 aliphatic carbocycles. The number of H-pyrrole nitrogens is 1. The zero-order valence-corrected chi connectivity index (χ0v) is 12.2. The Morgan fingerprint density at radius 2 is 1.90 bits per heavy atom. The van der Waals surface area contributed by atoms with E-state index in [4.69, 9.17) is 23.2 Å². The second-order valence-electron chi connectivity index (χ2n) is 4.03. The van der Waals surface area contributed by atoms with Gasteiger partial charge in [0, 0.05) is 12.3 Å². The largest absolute Gasteiger partial charge is 0.357 e. The van der Waals surface area contributed by atoms with Gasteiger partial charge in [-0.3, -0.25) is 20.4 Å². The van der Waals surface area contributed by atoms with Crippen molar-refractivity contribution < 1.29 is 9.59 Å². The van der Waals surface area contributed by atoms with Gasteiger partial charge >= 0.3 is 0 Å². The molecule has 0 fully saturated rings. The van der Waals surface area contributed by atoms with Crippen LogP contribution in [-0.4, -0.2) is 16.8 Å². The van der Waals surface area contributed by atoms with Gasteiger partial charge in [0.15, 0.2) is 0 Å². The molecule has 3 N–H and O–H groups in total. The molecule has 0 bridgehead atoms. The molecule has 21 heavy (non-hydrogen) atoms. The number of rotatable bonds is 3. The number of aromatic amines is 1. The molecule has 1 aromatic heterocycles. The number of carbonyl (C=O) groups is 2. The van der Waals surface area contributed by atoms with Crippen molar-refractivity contribution in [1.29, 1.82) is 0 Å². The van der Waals surface area contributed by atoms with E-state index >= 15 is 0 Å². The Kier molecular flexibility index (Phi) is 5.03. The van der Waals surface area contributed by atoms with Gasteiger partial charge in [0.05, 0.1) is 10.0 Å². The number of benzene rings is 1. The average Bonchev–Trinajstić information content (AvgIpc) is 3.00. The van der Waals surface area contributed by atoms with E-state index in [1.165, 1.54) is 6.08 Å². The van der Waals surface area contributed by atoms with E-state index in [2.05, 4.69) is 15.8 Å². The molecule has 0 unspecified atom stereocenters. The van der Waals surface area contributed by atoms with Crippen molar-refractivity contribution in [3.63, 3.8) is 0 Å². The second kappa shape index (κ2) is 6.97. The molecule has 2 aromatic rings. The average molecular weight is 324 g/mol. The summed E-state index contributed by atoms with van der Waals surface area (Å²) in [5, 5.41) is 0.843. The van der Waals surface area contributed by atoms with Crippen LogP contribution in [0.4, 0.5) is 0 Å². The minimum Gasteiger partial charge on any atom is -0.357 e. The predicted molar refractivity (Wildman–Crippen MR) is 81.9 cm³/mol. The first-order valence-electron chi connectivity index (χ1n) is 5.93. The summed E-state index contributed by atoms with van der Waals surface area (Å²) in [5.74, 6) is -0.905. The standard InChI is InChI=1S/C14H11Cl2N3O2/c15-10-5-3-9(8-11(10)16)4-6-13(20)18-19-14(21)12-2-1-7-17-12/h1-8,17H,(H,18,20)(H,19,21)/b6-4+. The Hall–Kier alpha value is -2.24. The molecule has 0 aliphatic rings. The highest BCUT2D eigenvalue weighted by Gasteiger charge is 2.05. The first-order chi connectivity index (χ1) is 10.1. The quantitative estimate of drug-likeness (QED) is 0.600. The lowest BCUT2D eigenvalue weighted by Crippen LogP contribution is -2.40. The maximum atomic E-state index is 11.6. The molecule has 0 spiro atoms. The van der Waals surface area contributed by atoms with E-state index in [1.807, 2.05) is 0 Å². The highest BCUT2D eigenvalue weighted by Crippen LogP contribution is 2.22. The zero-order valence-electron chi connectivity index (χ0n) is 10.7. The van der Waals surface area contributed by atoms with E-state index in [0.717, 1.165) is 5.56 Å². The summed E-state index contributed by atoms with van der Waals surface area (Å²) in [4.78, 5) is 25.8. The van der Waals surface area contributed by atoms with Crippen LogP contribution in [0.15, 0.2) is 42.6 Å². The number of carbonyl (C=O) groups excluding carboxylic acids is 2. The molecule has 0 radical (unpaired) electrons. The molecule has 2 amide bonds. The minimum absolute atomic E-state index is 0.351. The highest BCUT2D eigenvalue weighted by atomic mass is 35.5. The number of hydrogen-bond acceptors (Lipinski definition) is 2. The first kappa shape index (κ1) is 15.2. The lowest BCUT2D eigenvalue weighted by Gasteiger charge is -2.03. The van der Waals surface area contributed by atoms with E-state index in [-0.39, 0.29) is 0 Å². The van der Waals surface area contributed by atoms with Gasteiger partial charge in [0.25, 0.3) is 11.8 Å². The van der Waals surface area contributed by atoms with Crippen molar-refractivity contribution in [1.82, 2.24) is 15.8 Å². The lowest BCUT2D eigenvalue weighted by molar-refractivity contribution is -0.117. The SMILES string of the molecule is O=C(/C=C/c1ccc(Cl)c(Cl)c1)NNC(=O)c1ccc[nH]1. The maximum absolute atomic E-state index is 11.6. The van der Waals surface area contributed by atoms with Crippen molar-refractivity contribution >= 4 is 41.1 Å². The summed E-state index contributed by atoms with van der Waals surface area (Å²) >= 11 is 11.7. The first-order valence-corrected chi connectivity index (χ1v) is 6.68. The minimum atomic E-state index is -0.471. The number of aromatic nitrogens is 1.